The molecule has 0 aliphatic heterocycles. The van der Waals surface area contributed by atoms with E-state index >= 15 is 0 Å². The molecule has 21 heavy (non-hydrogen) atoms. The first kappa shape index (κ1) is 15.1. The summed E-state index contributed by atoms with van der Waals surface area (Å²) in [6.07, 6.45) is 0.136. The maximum absolute atomic E-state index is 12.1. The van der Waals surface area contributed by atoms with Gasteiger partial charge in [-0.05, 0) is 36.1 Å². The van der Waals surface area contributed by atoms with Gasteiger partial charge in [-0.3, -0.25) is 4.79 Å². The molecule has 3 amide bonds. The van der Waals surface area contributed by atoms with Gasteiger partial charge >= 0.3 is 6.03 Å². The number of nitrogens with one attached hydrogen (secondary N) is 2. The van der Waals surface area contributed by atoms with Crippen LogP contribution in [-0.2, 0) is 4.79 Å². The molecule has 0 aliphatic rings. The predicted octanol–water partition coefficient (Wildman–Crippen LogP) is 2.79. The van der Waals surface area contributed by atoms with Crippen LogP contribution in [0.3, 0.4) is 0 Å². The summed E-state index contributed by atoms with van der Waals surface area (Å²) < 4.78 is 0. The number of anilines is 1. The molecular weight excluding hydrogens is 286 g/mol. The Balaban J connectivity index is 2.02. The number of carbonyl (C=O) groups excluding carboxylic acids is 2. The molecule has 2 rings (SSSR count). The summed E-state index contributed by atoms with van der Waals surface area (Å²) in [5, 5.41) is 7.31. The molecular formula is C15H17N3O2S. The van der Waals surface area contributed by atoms with Gasteiger partial charge in [0.25, 0.3) is 0 Å². The lowest BCUT2D eigenvalue weighted by Crippen LogP contribution is -2.34. The van der Waals surface area contributed by atoms with Gasteiger partial charge in [-0.25, -0.2) is 4.79 Å². The molecule has 1 unspecified atom stereocenters. The molecule has 0 radical (unpaired) electrons. The fourth-order valence-corrected chi connectivity index (χ4v) is 2.78. The number of rotatable bonds is 5. The summed E-state index contributed by atoms with van der Waals surface area (Å²) in [6.45, 7) is 1.96. The van der Waals surface area contributed by atoms with Crippen LogP contribution in [0.5, 0.6) is 0 Å². The number of carbonyl (C=O) groups is 2. The Bertz CT molecular complexity index is 626. The minimum absolute atomic E-state index is 0.136. The Morgan fingerprint density at radius 1 is 1.29 bits per heavy atom. The van der Waals surface area contributed by atoms with Gasteiger partial charge in [0, 0.05) is 10.6 Å². The monoisotopic (exact) mass is 303 g/mol. The van der Waals surface area contributed by atoms with E-state index in [0.29, 0.717) is 0 Å². The largest absolute Gasteiger partial charge is 0.352 e. The second-order valence-electron chi connectivity index (χ2n) is 4.70. The van der Waals surface area contributed by atoms with Crippen LogP contribution in [0.4, 0.5) is 10.5 Å². The molecule has 0 aliphatic carbocycles. The van der Waals surface area contributed by atoms with Gasteiger partial charge in [0.05, 0.1) is 12.5 Å². The Morgan fingerprint density at radius 3 is 2.71 bits per heavy atom. The highest BCUT2D eigenvalue weighted by Gasteiger charge is 2.18. The van der Waals surface area contributed by atoms with Gasteiger partial charge in [0.1, 0.15) is 0 Å². The molecule has 1 aromatic carbocycles. The van der Waals surface area contributed by atoms with Crippen molar-refractivity contribution < 1.29 is 9.59 Å². The second kappa shape index (κ2) is 6.90. The first-order chi connectivity index (χ1) is 10.0. The van der Waals surface area contributed by atoms with Crippen LogP contribution < -0.4 is 16.4 Å². The molecule has 5 nitrogen and oxygen atoms in total. The maximum atomic E-state index is 12.1. The van der Waals surface area contributed by atoms with Crippen molar-refractivity contribution in [3.8, 4) is 0 Å². The standard InChI is InChI=1S/C15H17N3O2S/c1-10-4-2-5-11(8-10)17-14(19)9-12(18-15(16)20)13-6-3-7-21-13/h2-8,12H,9H2,1H3,(H,17,19)(H3,16,18,20). The van der Waals surface area contributed by atoms with E-state index in [1.54, 1.807) is 0 Å². The van der Waals surface area contributed by atoms with E-state index in [9.17, 15) is 9.59 Å². The summed E-state index contributed by atoms with van der Waals surface area (Å²) in [5.41, 5.74) is 6.98. The van der Waals surface area contributed by atoms with Crippen LogP contribution in [0.25, 0.3) is 0 Å². The number of thiophene rings is 1. The van der Waals surface area contributed by atoms with Crippen molar-refractivity contribution in [2.75, 3.05) is 5.32 Å². The first-order valence-electron chi connectivity index (χ1n) is 6.50. The number of primary amides is 1. The van der Waals surface area contributed by atoms with Crippen LogP contribution >= 0.6 is 11.3 Å². The van der Waals surface area contributed by atoms with Crippen LogP contribution in [0.1, 0.15) is 22.9 Å². The summed E-state index contributed by atoms with van der Waals surface area (Å²) in [5.74, 6) is -0.173. The van der Waals surface area contributed by atoms with Crippen molar-refractivity contribution in [3.05, 3.63) is 52.2 Å². The molecule has 1 heterocycles. The third-order valence-corrected chi connectivity index (χ3v) is 3.88. The second-order valence-corrected chi connectivity index (χ2v) is 5.68. The number of hydrogen-bond acceptors (Lipinski definition) is 3. The van der Waals surface area contributed by atoms with E-state index in [4.69, 9.17) is 5.73 Å². The molecule has 0 bridgehead atoms. The van der Waals surface area contributed by atoms with Crippen molar-refractivity contribution >= 4 is 29.0 Å². The molecule has 0 spiro atoms. The van der Waals surface area contributed by atoms with Crippen molar-refractivity contribution in [2.24, 2.45) is 5.73 Å². The van der Waals surface area contributed by atoms with Crippen LogP contribution in [0.15, 0.2) is 41.8 Å². The molecule has 6 heteroatoms. The summed E-state index contributed by atoms with van der Waals surface area (Å²) in [4.78, 5) is 24.1. The van der Waals surface area contributed by atoms with Gasteiger partial charge < -0.3 is 16.4 Å². The SMILES string of the molecule is Cc1cccc(NC(=O)CC(NC(N)=O)c2cccs2)c1. The Kier molecular flexibility index (Phi) is 4.94. The van der Waals surface area contributed by atoms with Gasteiger partial charge in [-0.2, -0.15) is 0 Å². The number of benzene rings is 1. The number of nitrogens with two attached hydrogens (primary N) is 1. The fraction of sp³-hybridized carbons (Fsp3) is 0.200. The third-order valence-electron chi connectivity index (χ3n) is 2.89. The molecule has 1 atom stereocenters. The highest BCUT2D eigenvalue weighted by atomic mass is 32.1. The highest BCUT2D eigenvalue weighted by Crippen LogP contribution is 2.22. The van der Waals surface area contributed by atoms with E-state index in [0.717, 1.165) is 16.1 Å². The number of hydrogen-bond donors (Lipinski definition) is 3. The minimum atomic E-state index is -0.642. The van der Waals surface area contributed by atoms with Gasteiger partial charge in [-0.15, -0.1) is 11.3 Å². The van der Waals surface area contributed by atoms with Crippen LogP contribution in [0.2, 0.25) is 0 Å². The predicted molar refractivity (Wildman–Crippen MR) is 84.2 cm³/mol. The van der Waals surface area contributed by atoms with E-state index in [1.807, 2.05) is 48.7 Å². The van der Waals surface area contributed by atoms with Crippen molar-refractivity contribution in [1.82, 2.24) is 5.32 Å². The van der Waals surface area contributed by atoms with Crippen LogP contribution in [0, 0.1) is 6.92 Å². The fourth-order valence-electron chi connectivity index (χ4n) is 2.00. The Morgan fingerprint density at radius 2 is 2.10 bits per heavy atom. The molecule has 0 saturated heterocycles. The number of aryl methyl sites for hydroxylation is 1. The van der Waals surface area contributed by atoms with Crippen molar-refractivity contribution in [2.45, 2.75) is 19.4 Å². The zero-order valence-corrected chi connectivity index (χ0v) is 12.4. The van der Waals surface area contributed by atoms with Crippen molar-refractivity contribution in [1.29, 1.82) is 0 Å². The van der Waals surface area contributed by atoms with Crippen molar-refractivity contribution in [3.63, 3.8) is 0 Å². The van der Waals surface area contributed by atoms with Gasteiger partial charge in [-0.1, -0.05) is 18.2 Å². The van der Waals surface area contributed by atoms with E-state index < -0.39 is 12.1 Å². The average Bonchev–Trinajstić information content (AvgIpc) is 2.91. The first-order valence-corrected chi connectivity index (χ1v) is 7.38. The zero-order valence-electron chi connectivity index (χ0n) is 11.6. The molecule has 2 aromatic rings. The topological polar surface area (TPSA) is 84.2 Å². The Labute approximate surface area is 127 Å². The number of urea groups is 1. The molecule has 1 aromatic heterocycles. The highest BCUT2D eigenvalue weighted by molar-refractivity contribution is 7.10. The molecule has 0 saturated carbocycles. The minimum Gasteiger partial charge on any atom is -0.352 e. The third kappa shape index (κ3) is 4.61. The number of amides is 3. The summed E-state index contributed by atoms with van der Waals surface area (Å²) >= 11 is 1.47. The summed E-state index contributed by atoms with van der Waals surface area (Å²) in [7, 11) is 0. The van der Waals surface area contributed by atoms with E-state index in [2.05, 4.69) is 10.6 Å². The lowest BCUT2D eigenvalue weighted by atomic mass is 10.1. The Hall–Kier alpha value is -2.34. The molecule has 110 valence electrons. The van der Waals surface area contributed by atoms with E-state index in [1.165, 1.54) is 11.3 Å². The lowest BCUT2D eigenvalue weighted by Gasteiger charge is -2.16. The zero-order chi connectivity index (χ0) is 15.2. The van der Waals surface area contributed by atoms with Gasteiger partial charge in [0.2, 0.25) is 5.91 Å². The van der Waals surface area contributed by atoms with E-state index in [-0.39, 0.29) is 12.3 Å². The molecule has 0 fully saturated rings. The molecule has 4 N–H and O–H groups in total. The quantitative estimate of drug-likeness (QED) is 0.793. The summed E-state index contributed by atoms with van der Waals surface area (Å²) in [6, 6.07) is 10.2. The van der Waals surface area contributed by atoms with Crippen LogP contribution in [-0.4, -0.2) is 11.9 Å². The lowest BCUT2D eigenvalue weighted by molar-refractivity contribution is -0.116. The normalized spacial score (nSPS) is 11.7. The smallest absolute Gasteiger partial charge is 0.312 e. The maximum Gasteiger partial charge on any atom is 0.312 e. The average molecular weight is 303 g/mol. The van der Waals surface area contributed by atoms with Gasteiger partial charge in [0.15, 0.2) is 0 Å².